The Bertz CT molecular complexity index is 550. The van der Waals surface area contributed by atoms with Gasteiger partial charge in [-0.2, -0.15) is 5.26 Å². The molecule has 21 heavy (non-hydrogen) atoms. The molecule has 0 spiro atoms. The molecule has 0 aromatic heterocycles. The zero-order valence-electron chi connectivity index (χ0n) is 12.6. The summed E-state index contributed by atoms with van der Waals surface area (Å²) in [6.07, 6.45) is 1.89. The number of amides is 1. The van der Waals surface area contributed by atoms with E-state index in [2.05, 4.69) is 21.6 Å². The van der Waals surface area contributed by atoms with Gasteiger partial charge in [0, 0.05) is 26.7 Å². The molecule has 1 aliphatic heterocycles. The average molecular weight is 286 g/mol. The maximum atomic E-state index is 11.8. The van der Waals surface area contributed by atoms with Gasteiger partial charge in [-0.1, -0.05) is 6.07 Å². The van der Waals surface area contributed by atoms with Gasteiger partial charge in [-0.15, -0.1) is 0 Å². The van der Waals surface area contributed by atoms with Crippen LogP contribution in [0.15, 0.2) is 18.2 Å². The number of hydrogen-bond donors (Lipinski definition) is 2. The van der Waals surface area contributed by atoms with Crippen molar-refractivity contribution in [3.63, 3.8) is 0 Å². The van der Waals surface area contributed by atoms with Crippen molar-refractivity contribution < 1.29 is 4.79 Å². The molecule has 2 rings (SSSR count). The van der Waals surface area contributed by atoms with Crippen molar-refractivity contribution in [1.82, 2.24) is 10.6 Å². The van der Waals surface area contributed by atoms with E-state index < -0.39 is 0 Å². The minimum Gasteiger partial charge on any atom is -0.370 e. The summed E-state index contributed by atoms with van der Waals surface area (Å²) in [7, 11) is 3.56. The first-order valence-corrected chi connectivity index (χ1v) is 7.33. The van der Waals surface area contributed by atoms with Gasteiger partial charge in [0.05, 0.1) is 17.2 Å². The van der Waals surface area contributed by atoms with E-state index in [0.717, 1.165) is 37.2 Å². The zero-order valence-corrected chi connectivity index (χ0v) is 12.6. The molecule has 1 aliphatic rings. The van der Waals surface area contributed by atoms with Gasteiger partial charge in [0.25, 0.3) is 0 Å². The molecule has 1 fully saturated rings. The molecule has 2 N–H and O–H groups in total. The van der Waals surface area contributed by atoms with Crippen molar-refractivity contribution in [3.05, 3.63) is 29.3 Å². The Kier molecular flexibility index (Phi) is 5.18. The second-order valence-electron chi connectivity index (χ2n) is 5.39. The third-order valence-electron chi connectivity index (χ3n) is 3.94. The first-order chi connectivity index (χ1) is 10.2. The number of carbonyl (C=O) groups is 1. The van der Waals surface area contributed by atoms with Crippen LogP contribution in [0.25, 0.3) is 0 Å². The fourth-order valence-electron chi connectivity index (χ4n) is 2.88. The monoisotopic (exact) mass is 286 g/mol. The molecule has 0 aliphatic carbocycles. The van der Waals surface area contributed by atoms with Crippen molar-refractivity contribution in [1.29, 1.82) is 5.26 Å². The van der Waals surface area contributed by atoms with E-state index in [1.165, 1.54) is 0 Å². The summed E-state index contributed by atoms with van der Waals surface area (Å²) < 4.78 is 0. The highest BCUT2D eigenvalue weighted by Crippen LogP contribution is 2.27. The molecule has 1 saturated heterocycles. The van der Waals surface area contributed by atoms with Gasteiger partial charge in [0.1, 0.15) is 6.07 Å². The Labute approximate surface area is 125 Å². The minimum absolute atomic E-state index is 0.00674. The van der Waals surface area contributed by atoms with Crippen LogP contribution in [0.3, 0.4) is 0 Å². The van der Waals surface area contributed by atoms with Crippen LogP contribution < -0.4 is 15.5 Å². The van der Waals surface area contributed by atoms with Gasteiger partial charge in [-0.25, -0.2) is 0 Å². The van der Waals surface area contributed by atoms with E-state index in [-0.39, 0.29) is 11.8 Å². The lowest BCUT2D eigenvalue weighted by atomic mass is 9.96. The molecule has 0 saturated carbocycles. The Morgan fingerprint density at radius 3 is 2.95 bits per heavy atom. The molecule has 0 radical (unpaired) electrons. The maximum Gasteiger partial charge on any atom is 0.224 e. The summed E-state index contributed by atoms with van der Waals surface area (Å²) in [5.74, 6) is 0.0947. The van der Waals surface area contributed by atoms with Crippen LogP contribution in [0.2, 0.25) is 0 Å². The smallest absolute Gasteiger partial charge is 0.224 e. The van der Waals surface area contributed by atoms with E-state index in [1.807, 2.05) is 25.2 Å². The molecule has 1 atom stereocenters. The van der Waals surface area contributed by atoms with Crippen molar-refractivity contribution in [2.75, 3.05) is 32.1 Å². The second kappa shape index (κ2) is 7.09. The molecular weight excluding hydrogens is 264 g/mol. The number of piperidine rings is 1. The van der Waals surface area contributed by atoms with E-state index in [9.17, 15) is 10.1 Å². The Morgan fingerprint density at radius 2 is 2.29 bits per heavy atom. The molecule has 1 amide bonds. The second-order valence-corrected chi connectivity index (χ2v) is 5.39. The molecule has 1 heterocycles. The van der Waals surface area contributed by atoms with Gasteiger partial charge < -0.3 is 15.5 Å². The predicted octanol–water partition coefficient (Wildman–Crippen LogP) is 1.24. The van der Waals surface area contributed by atoms with Crippen molar-refractivity contribution in [3.8, 4) is 6.07 Å². The molecule has 0 bridgehead atoms. The van der Waals surface area contributed by atoms with Gasteiger partial charge in [0.2, 0.25) is 5.91 Å². The largest absolute Gasteiger partial charge is 0.370 e. The highest BCUT2D eigenvalue weighted by Gasteiger charge is 2.26. The summed E-state index contributed by atoms with van der Waals surface area (Å²) in [6.45, 7) is 2.32. The van der Waals surface area contributed by atoms with Crippen LogP contribution in [0.4, 0.5) is 5.69 Å². The minimum atomic E-state index is 0.00674. The summed E-state index contributed by atoms with van der Waals surface area (Å²) in [5.41, 5.74) is 2.71. The Hall–Kier alpha value is -2.06. The lowest BCUT2D eigenvalue weighted by Gasteiger charge is -2.34. The van der Waals surface area contributed by atoms with Crippen molar-refractivity contribution in [2.24, 2.45) is 5.92 Å². The maximum absolute atomic E-state index is 11.8. The number of benzene rings is 1. The summed E-state index contributed by atoms with van der Waals surface area (Å²) >= 11 is 0. The molecule has 1 aromatic rings. The normalized spacial score (nSPS) is 18.1. The summed E-state index contributed by atoms with van der Waals surface area (Å²) in [4.78, 5) is 14.0. The number of rotatable bonds is 4. The van der Waals surface area contributed by atoms with E-state index >= 15 is 0 Å². The number of carbonyl (C=O) groups excluding carboxylic acids is 1. The van der Waals surface area contributed by atoms with Gasteiger partial charge in [0.15, 0.2) is 0 Å². The molecular formula is C16H22N4O. The molecule has 5 nitrogen and oxygen atoms in total. The molecule has 1 aromatic carbocycles. The number of nitrogens with zero attached hydrogens (tertiary/aromatic N) is 2. The molecule has 5 heteroatoms. The van der Waals surface area contributed by atoms with Crippen LogP contribution in [-0.4, -0.2) is 33.1 Å². The number of nitriles is 1. The lowest BCUT2D eigenvalue weighted by molar-refractivity contribution is -0.124. The molecule has 1 unspecified atom stereocenters. The predicted molar refractivity (Wildman–Crippen MR) is 82.9 cm³/mol. The summed E-state index contributed by atoms with van der Waals surface area (Å²) in [6, 6.07) is 8.24. The standard InChI is InChI=1S/C16H22N4O/c1-18-10-12-5-6-15(14(8-12)9-17)20-7-3-4-13(11-20)16(21)19-2/h5-6,8,13,18H,3-4,7,10-11H2,1-2H3,(H,19,21). The van der Waals surface area contributed by atoms with E-state index in [0.29, 0.717) is 12.1 Å². The quantitative estimate of drug-likeness (QED) is 0.874. The van der Waals surface area contributed by atoms with Crippen LogP contribution in [0, 0.1) is 17.2 Å². The Balaban J connectivity index is 2.21. The van der Waals surface area contributed by atoms with E-state index in [4.69, 9.17) is 0 Å². The van der Waals surface area contributed by atoms with Crippen LogP contribution in [0.1, 0.15) is 24.0 Å². The van der Waals surface area contributed by atoms with Gasteiger partial charge >= 0.3 is 0 Å². The van der Waals surface area contributed by atoms with Crippen LogP contribution in [-0.2, 0) is 11.3 Å². The van der Waals surface area contributed by atoms with Gasteiger partial charge in [-0.05, 0) is 37.6 Å². The SMILES string of the molecule is CNCc1ccc(N2CCCC(C(=O)NC)C2)c(C#N)c1. The van der Waals surface area contributed by atoms with Crippen molar-refractivity contribution >= 4 is 11.6 Å². The van der Waals surface area contributed by atoms with Crippen LogP contribution in [0.5, 0.6) is 0 Å². The first kappa shape index (κ1) is 15.3. The fraction of sp³-hybridized carbons (Fsp3) is 0.500. The fourth-order valence-corrected chi connectivity index (χ4v) is 2.88. The third kappa shape index (κ3) is 3.53. The highest BCUT2D eigenvalue weighted by molar-refractivity contribution is 5.79. The number of hydrogen-bond acceptors (Lipinski definition) is 4. The van der Waals surface area contributed by atoms with Crippen molar-refractivity contribution in [2.45, 2.75) is 19.4 Å². The third-order valence-corrected chi connectivity index (χ3v) is 3.94. The highest BCUT2D eigenvalue weighted by atomic mass is 16.1. The topological polar surface area (TPSA) is 68.2 Å². The Morgan fingerprint density at radius 1 is 1.48 bits per heavy atom. The van der Waals surface area contributed by atoms with E-state index in [1.54, 1.807) is 7.05 Å². The number of nitrogens with one attached hydrogen (secondary N) is 2. The van der Waals surface area contributed by atoms with Gasteiger partial charge in [-0.3, -0.25) is 4.79 Å². The average Bonchev–Trinajstić information content (AvgIpc) is 2.54. The summed E-state index contributed by atoms with van der Waals surface area (Å²) in [5, 5.41) is 15.2. The number of anilines is 1. The zero-order chi connectivity index (χ0) is 15.2. The molecule has 112 valence electrons. The van der Waals surface area contributed by atoms with Crippen LogP contribution >= 0.6 is 0 Å². The first-order valence-electron chi connectivity index (χ1n) is 7.33. The lowest BCUT2D eigenvalue weighted by Crippen LogP contribution is -2.42.